The lowest BCUT2D eigenvalue weighted by molar-refractivity contribution is 0.0572. The summed E-state index contributed by atoms with van der Waals surface area (Å²) in [6, 6.07) is 0. The highest BCUT2D eigenvalue weighted by Crippen LogP contribution is 2.19. The number of hydrogen-bond donors (Lipinski definition) is 4. The van der Waals surface area contributed by atoms with Crippen LogP contribution in [-0.4, -0.2) is 56.5 Å². The second-order valence-electron chi connectivity index (χ2n) is 3.95. The third kappa shape index (κ3) is 1.63. The van der Waals surface area contributed by atoms with E-state index < -0.39 is 12.2 Å². The van der Waals surface area contributed by atoms with E-state index >= 15 is 0 Å². The number of aliphatic hydroxyl groups excluding tert-OH is 2. The molecule has 0 aliphatic carbocycles. The Bertz CT molecular complexity index is 387. The number of aromatic nitrogens is 2. The highest BCUT2D eigenvalue weighted by atomic mass is 16.3. The Morgan fingerprint density at radius 1 is 1.50 bits per heavy atom. The van der Waals surface area contributed by atoms with Gasteiger partial charge in [-0.2, -0.15) is 5.10 Å². The van der Waals surface area contributed by atoms with Gasteiger partial charge in [-0.05, 0) is 6.92 Å². The normalized spacial score (nSPS) is 25.1. The fourth-order valence-corrected chi connectivity index (χ4v) is 1.81. The van der Waals surface area contributed by atoms with Crippen LogP contribution in [0.2, 0.25) is 0 Å². The standard InChI is InChI=1S/C9H14N4O3/c1-4-7(8(10)12-11-4)9(16)13-2-5(14)6(15)3-13/h5-6,14-15H,2-3H2,1H3,(H3,10,11,12). The van der Waals surface area contributed by atoms with Gasteiger partial charge in [0.15, 0.2) is 5.82 Å². The number of carbonyl (C=O) groups excluding carboxylic acids is 1. The second kappa shape index (κ2) is 3.76. The van der Waals surface area contributed by atoms with Crippen LogP contribution in [0.5, 0.6) is 0 Å². The van der Waals surface area contributed by atoms with E-state index in [1.165, 1.54) is 4.90 Å². The summed E-state index contributed by atoms with van der Waals surface area (Å²) in [6.45, 7) is 1.92. The number of rotatable bonds is 1. The smallest absolute Gasteiger partial charge is 0.259 e. The Hall–Kier alpha value is -1.60. The topological polar surface area (TPSA) is 115 Å². The number of nitrogens with zero attached hydrogens (tertiary/aromatic N) is 2. The number of carbonyl (C=O) groups is 1. The number of anilines is 1. The van der Waals surface area contributed by atoms with Crippen LogP contribution in [-0.2, 0) is 0 Å². The largest absolute Gasteiger partial charge is 0.388 e. The summed E-state index contributed by atoms with van der Waals surface area (Å²) in [6.07, 6.45) is -1.78. The van der Waals surface area contributed by atoms with Gasteiger partial charge in [0.2, 0.25) is 0 Å². The number of nitrogens with one attached hydrogen (secondary N) is 1. The van der Waals surface area contributed by atoms with E-state index in [9.17, 15) is 15.0 Å². The van der Waals surface area contributed by atoms with Crippen LogP contribution in [0.3, 0.4) is 0 Å². The maximum Gasteiger partial charge on any atom is 0.259 e. The number of nitrogens with two attached hydrogens (primary N) is 1. The first-order valence-corrected chi connectivity index (χ1v) is 4.96. The van der Waals surface area contributed by atoms with Crippen LogP contribution in [0.1, 0.15) is 16.1 Å². The van der Waals surface area contributed by atoms with Crippen molar-refractivity contribution in [3.05, 3.63) is 11.3 Å². The molecule has 1 aromatic heterocycles. The SMILES string of the molecule is Cc1[nH]nc(N)c1C(=O)N1CC(O)C(O)C1. The van der Waals surface area contributed by atoms with Crippen molar-refractivity contribution in [1.82, 2.24) is 15.1 Å². The Morgan fingerprint density at radius 3 is 2.50 bits per heavy atom. The fraction of sp³-hybridized carbons (Fsp3) is 0.556. The number of aliphatic hydroxyl groups is 2. The Labute approximate surface area is 91.9 Å². The summed E-state index contributed by atoms with van der Waals surface area (Å²) in [5, 5.41) is 25.1. The fourth-order valence-electron chi connectivity index (χ4n) is 1.81. The first kappa shape index (κ1) is 10.9. The molecule has 2 rings (SSSR count). The van der Waals surface area contributed by atoms with Crippen LogP contribution in [0.15, 0.2) is 0 Å². The predicted molar refractivity (Wildman–Crippen MR) is 55.7 cm³/mol. The molecule has 2 heterocycles. The summed E-state index contributed by atoms with van der Waals surface area (Å²) in [4.78, 5) is 13.4. The van der Waals surface area contributed by atoms with Gasteiger partial charge in [0.1, 0.15) is 5.56 Å². The first-order chi connectivity index (χ1) is 7.50. The molecule has 2 atom stereocenters. The molecule has 88 valence electrons. The molecule has 0 saturated carbocycles. The van der Waals surface area contributed by atoms with E-state index in [2.05, 4.69) is 10.2 Å². The van der Waals surface area contributed by atoms with E-state index in [1.807, 2.05) is 0 Å². The molecule has 1 aliphatic heterocycles. The van der Waals surface area contributed by atoms with Gasteiger partial charge in [0.05, 0.1) is 12.2 Å². The van der Waals surface area contributed by atoms with E-state index in [0.717, 1.165) is 0 Å². The molecule has 0 aromatic carbocycles. The number of H-pyrrole nitrogens is 1. The lowest BCUT2D eigenvalue weighted by Crippen LogP contribution is -2.30. The zero-order chi connectivity index (χ0) is 11.9. The minimum atomic E-state index is -0.891. The van der Waals surface area contributed by atoms with Crippen LogP contribution in [0, 0.1) is 6.92 Å². The van der Waals surface area contributed by atoms with Crippen molar-refractivity contribution in [2.45, 2.75) is 19.1 Å². The highest BCUT2D eigenvalue weighted by Gasteiger charge is 2.34. The predicted octanol–water partition coefficient (Wildman–Crippen LogP) is -1.52. The number of aryl methyl sites for hydroxylation is 1. The molecular weight excluding hydrogens is 212 g/mol. The third-order valence-corrected chi connectivity index (χ3v) is 2.74. The Morgan fingerprint density at radius 2 is 2.06 bits per heavy atom. The molecule has 1 aliphatic rings. The summed E-state index contributed by atoms with van der Waals surface area (Å²) in [7, 11) is 0. The molecule has 1 fully saturated rings. The van der Waals surface area contributed by atoms with Gasteiger partial charge in [0.25, 0.3) is 5.91 Å². The van der Waals surface area contributed by atoms with Crippen molar-refractivity contribution in [2.24, 2.45) is 0 Å². The molecule has 0 spiro atoms. The van der Waals surface area contributed by atoms with Gasteiger partial charge in [-0.3, -0.25) is 9.89 Å². The van der Waals surface area contributed by atoms with Crippen LogP contribution in [0.25, 0.3) is 0 Å². The lowest BCUT2D eigenvalue weighted by atomic mass is 10.2. The van der Waals surface area contributed by atoms with E-state index in [4.69, 9.17) is 5.73 Å². The van der Waals surface area contributed by atoms with Gasteiger partial charge in [-0.1, -0.05) is 0 Å². The van der Waals surface area contributed by atoms with Gasteiger partial charge < -0.3 is 20.8 Å². The zero-order valence-electron chi connectivity index (χ0n) is 8.84. The Balaban J connectivity index is 2.21. The molecule has 0 radical (unpaired) electrons. The molecule has 16 heavy (non-hydrogen) atoms. The van der Waals surface area contributed by atoms with E-state index in [0.29, 0.717) is 11.3 Å². The van der Waals surface area contributed by atoms with E-state index in [1.54, 1.807) is 6.92 Å². The van der Waals surface area contributed by atoms with Gasteiger partial charge in [-0.25, -0.2) is 0 Å². The van der Waals surface area contributed by atoms with Gasteiger partial charge in [0, 0.05) is 18.8 Å². The third-order valence-electron chi connectivity index (χ3n) is 2.74. The van der Waals surface area contributed by atoms with Crippen molar-refractivity contribution >= 4 is 11.7 Å². The minimum Gasteiger partial charge on any atom is -0.388 e. The first-order valence-electron chi connectivity index (χ1n) is 4.96. The molecule has 1 aromatic rings. The summed E-state index contributed by atoms with van der Waals surface area (Å²) in [5.41, 5.74) is 6.45. The molecule has 7 heteroatoms. The van der Waals surface area contributed by atoms with Gasteiger partial charge in [-0.15, -0.1) is 0 Å². The van der Waals surface area contributed by atoms with Gasteiger partial charge >= 0.3 is 0 Å². The molecule has 1 saturated heterocycles. The maximum absolute atomic E-state index is 12.0. The van der Waals surface area contributed by atoms with Crippen molar-refractivity contribution in [2.75, 3.05) is 18.8 Å². The van der Waals surface area contributed by atoms with E-state index in [-0.39, 0.29) is 24.8 Å². The second-order valence-corrected chi connectivity index (χ2v) is 3.95. The van der Waals surface area contributed by atoms with Crippen LogP contribution >= 0.6 is 0 Å². The number of nitrogen functional groups attached to an aromatic ring is 1. The number of hydrogen-bond acceptors (Lipinski definition) is 5. The molecule has 0 bridgehead atoms. The van der Waals surface area contributed by atoms with Crippen molar-refractivity contribution < 1.29 is 15.0 Å². The Kier molecular flexibility index (Phi) is 2.56. The molecule has 2 unspecified atom stereocenters. The summed E-state index contributed by atoms with van der Waals surface area (Å²) < 4.78 is 0. The van der Waals surface area contributed by atoms with Crippen molar-refractivity contribution in [1.29, 1.82) is 0 Å². The van der Waals surface area contributed by atoms with Crippen molar-refractivity contribution in [3.8, 4) is 0 Å². The molecule has 5 N–H and O–H groups in total. The molecule has 1 amide bonds. The number of amides is 1. The number of likely N-dealkylation sites (tertiary alicyclic amines) is 1. The lowest BCUT2D eigenvalue weighted by Gasteiger charge is -2.14. The average molecular weight is 226 g/mol. The van der Waals surface area contributed by atoms with Crippen LogP contribution in [0.4, 0.5) is 5.82 Å². The minimum absolute atomic E-state index is 0.115. The summed E-state index contributed by atoms with van der Waals surface area (Å²) in [5.74, 6) is -0.183. The maximum atomic E-state index is 12.0. The highest BCUT2D eigenvalue weighted by molar-refractivity contribution is 5.99. The summed E-state index contributed by atoms with van der Waals surface area (Å²) >= 11 is 0. The van der Waals surface area contributed by atoms with Crippen molar-refractivity contribution in [3.63, 3.8) is 0 Å². The number of β-amino-alcohol motifs (C(OH)–C–C–N with tert-alkyl or cyclic N) is 2. The quantitative estimate of drug-likeness (QED) is 0.464. The monoisotopic (exact) mass is 226 g/mol. The molecular formula is C9H14N4O3. The molecule has 7 nitrogen and oxygen atoms in total. The average Bonchev–Trinajstić information content (AvgIpc) is 2.72. The van der Waals surface area contributed by atoms with Crippen LogP contribution < -0.4 is 5.73 Å². The zero-order valence-corrected chi connectivity index (χ0v) is 8.84. The number of aromatic amines is 1.